The van der Waals surface area contributed by atoms with E-state index >= 15 is 0 Å². The van der Waals surface area contributed by atoms with E-state index < -0.39 is 23.1 Å². The number of carbonyl (C=O) groups excluding carboxylic acids is 1. The van der Waals surface area contributed by atoms with E-state index in [-0.39, 0.29) is 15.7 Å². The Hall–Kier alpha value is -1.65. The highest BCUT2D eigenvalue weighted by atomic mass is 35.5. The maximum Gasteiger partial charge on any atom is 0.258 e. The van der Waals surface area contributed by atoms with E-state index in [2.05, 4.69) is 5.32 Å². The molecule has 2 nitrogen and oxygen atoms in total. The first-order valence-corrected chi connectivity index (χ1v) is 5.95. The van der Waals surface area contributed by atoms with Crippen molar-refractivity contribution in [3.8, 4) is 0 Å². The van der Waals surface area contributed by atoms with E-state index in [1.807, 2.05) is 0 Å². The highest BCUT2D eigenvalue weighted by Gasteiger charge is 2.15. The molecular weight excluding hydrogens is 295 g/mol. The number of carbonyl (C=O) groups is 1. The quantitative estimate of drug-likeness (QED) is 0.868. The van der Waals surface area contributed by atoms with E-state index in [9.17, 15) is 13.6 Å². The maximum absolute atomic E-state index is 13.4. The number of hydrogen-bond acceptors (Lipinski definition) is 1. The fourth-order valence-electron chi connectivity index (χ4n) is 1.46. The van der Waals surface area contributed by atoms with Crippen LogP contribution < -0.4 is 5.32 Å². The summed E-state index contributed by atoms with van der Waals surface area (Å²) in [5, 5.41) is 2.76. The van der Waals surface area contributed by atoms with Gasteiger partial charge in [-0.3, -0.25) is 4.79 Å². The van der Waals surface area contributed by atoms with Crippen molar-refractivity contribution >= 4 is 34.8 Å². The minimum absolute atomic E-state index is 0.134. The van der Waals surface area contributed by atoms with Gasteiger partial charge in [0.2, 0.25) is 0 Å². The predicted molar refractivity (Wildman–Crippen MR) is 70.8 cm³/mol. The van der Waals surface area contributed by atoms with Crippen LogP contribution >= 0.6 is 23.2 Å². The van der Waals surface area contributed by atoms with Crippen molar-refractivity contribution in [2.24, 2.45) is 0 Å². The zero-order valence-corrected chi connectivity index (χ0v) is 10.9. The Kier molecular flexibility index (Phi) is 4.02. The number of benzene rings is 2. The molecule has 0 fully saturated rings. The van der Waals surface area contributed by atoms with Crippen molar-refractivity contribution < 1.29 is 13.6 Å². The fraction of sp³-hybridized carbons (Fsp3) is 0. The summed E-state index contributed by atoms with van der Waals surface area (Å²) in [7, 11) is 0. The molecule has 0 aliphatic rings. The number of hydrogen-bond donors (Lipinski definition) is 1. The van der Waals surface area contributed by atoms with Crippen LogP contribution in [-0.4, -0.2) is 5.91 Å². The molecule has 0 spiro atoms. The van der Waals surface area contributed by atoms with Crippen LogP contribution in [0.3, 0.4) is 0 Å². The lowest BCUT2D eigenvalue weighted by Crippen LogP contribution is -2.14. The lowest BCUT2D eigenvalue weighted by atomic mass is 10.2. The third kappa shape index (κ3) is 3.03. The lowest BCUT2D eigenvalue weighted by molar-refractivity contribution is 0.102. The van der Waals surface area contributed by atoms with Crippen LogP contribution in [0.25, 0.3) is 0 Å². The molecule has 0 radical (unpaired) electrons. The Labute approximate surface area is 118 Å². The summed E-state index contributed by atoms with van der Waals surface area (Å²) in [5.74, 6) is -2.33. The van der Waals surface area contributed by atoms with Gasteiger partial charge in [0.1, 0.15) is 11.6 Å². The SMILES string of the molecule is O=C(Nc1cccc(Cl)c1Cl)c1cc(F)ccc1F. The second-order valence-corrected chi connectivity index (χ2v) is 4.46. The van der Waals surface area contributed by atoms with E-state index in [0.717, 1.165) is 18.2 Å². The van der Waals surface area contributed by atoms with Gasteiger partial charge in [-0.2, -0.15) is 0 Å². The van der Waals surface area contributed by atoms with Crippen LogP contribution in [-0.2, 0) is 0 Å². The molecule has 98 valence electrons. The van der Waals surface area contributed by atoms with Gasteiger partial charge in [-0.1, -0.05) is 29.3 Å². The van der Waals surface area contributed by atoms with Crippen molar-refractivity contribution in [3.05, 3.63) is 63.6 Å². The van der Waals surface area contributed by atoms with Crippen LogP contribution in [0.5, 0.6) is 0 Å². The maximum atomic E-state index is 13.4. The fourth-order valence-corrected chi connectivity index (χ4v) is 1.81. The Balaban J connectivity index is 2.31. The van der Waals surface area contributed by atoms with Gasteiger partial charge in [-0.15, -0.1) is 0 Å². The first kappa shape index (κ1) is 13.8. The van der Waals surface area contributed by atoms with Crippen LogP contribution in [0.2, 0.25) is 10.0 Å². The summed E-state index contributed by atoms with van der Waals surface area (Å²) >= 11 is 11.7. The smallest absolute Gasteiger partial charge is 0.258 e. The number of nitrogens with one attached hydrogen (secondary N) is 1. The van der Waals surface area contributed by atoms with E-state index in [1.165, 1.54) is 6.07 Å². The topological polar surface area (TPSA) is 29.1 Å². The molecule has 0 bridgehead atoms. The van der Waals surface area contributed by atoms with Crippen molar-refractivity contribution in [2.75, 3.05) is 5.32 Å². The number of amides is 1. The summed E-state index contributed by atoms with van der Waals surface area (Å²) in [4.78, 5) is 11.8. The van der Waals surface area contributed by atoms with Gasteiger partial charge in [0, 0.05) is 0 Å². The molecule has 2 rings (SSSR count). The third-order valence-electron chi connectivity index (χ3n) is 2.37. The minimum Gasteiger partial charge on any atom is -0.320 e. The highest BCUT2D eigenvalue weighted by Crippen LogP contribution is 2.29. The number of anilines is 1. The molecule has 6 heteroatoms. The molecule has 0 atom stereocenters. The van der Waals surface area contributed by atoms with E-state index in [4.69, 9.17) is 23.2 Å². The lowest BCUT2D eigenvalue weighted by Gasteiger charge is -2.08. The summed E-state index contributed by atoms with van der Waals surface area (Å²) in [6, 6.07) is 7.24. The molecule has 2 aromatic carbocycles. The molecule has 19 heavy (non-hydrogen) atoms. The number of rotatable bonds is 2. The summed E-state index contributed by atoms with van der Waals surface area (Å²) in [6.45, 7) is 0. The zero-order chi connectivity index (χ0) is 14.0. The molecule has 0 aliphatic carbocycles. The molecular formula is C13H7Cl2F2NO. The van der Waals surface area contributed by atoms with Gasteiger partial charge in [0.05, 0.1) is 21.3 Å². The molecule has 0 aromatic heterocycles. The zero-order valence-electron chi connectivity index (χ0n) is 9.38. The summed E-state index contributed by atoms with van der Waals surface area (Å²) in [5.41, 5.74) is -0.182. The first-order valence-electron chi connectivity index (χ1n) is 5.19. The minimum atomic E-state index is -0.822. The monoisotopic (exact) mass is 301 g/mol. The van der Waals surface area contributed by atoms with Gasteiger partial charge >= 0.3 is 0 Å². The standard InChI is InChI=1S/C13H7Cl2F2NO/c14-9-2-1-3-11(12(9)15)18-13(19)8-6-7(16)4-5-10(8)17/h1-6H,(H,18,19). The van der Waals surface area contributed by atoms with Gasteiger partial charge in [-0.25, -0.2) is 8.78 Å². The van der Waals surface area contributed by atoms with Crippen molar-refractivity contribution in [3.63, 3.8) is 0 Å². The van der Waals surface area contributed by atoms with E-state index in [1.54, 1.807) is 12.1 Å². The number of halogens is 4. The van der Waals surface area contributed by atoms with Gasteiger partial charge in [0.15, 0.2) is 0 Å². The summed E-state index contributed by atoms with van der Waals surface area (Å²) in [6.07, 6.45) is 0. The normalized spacial score (nSPS) is 10.3. The molecule has 0 saturated carbocycles. The molecule has 0 aliphatic heterocycles. The molecule has 0 heterocycles. The largest absolute Gasteiger partial charge is 0.320 e. The molecule has 1 N–H and O–H groups in total. The van der Waals surface area contributed by atoms with Crippen molar-refractivity contribution in [1.29, 1.82) is 0 Å². The molecule has 1 amide bonds. The molecule has 0 unspecified atom stereocenters. The van der Waals surface area contributed by atoms with Crippen LogP contribution in [0.4, 0.5) is 14.5 Å². The van der Waals surface area contributed by atoms with Gasteiger partial charge in [0.25, 0.3) is 5.91 Å². The molecule has 0 saturated heterocycles. The molecule has 2 aromatic rings. The average molecular weight is 302 g/mol. The second kappa shape index (κ2) is 5.55. The highest BCUT2D eigenvalue weighted by molar-refractivity contribution is 6.44. The van der Waals surface area contributed by atoms with Crippen molar-refractivity contribution in [2.45, 2.75) is 0 Å². The Morgan fingerprint density at radius 2 is 1.84 bits per heavy atom. The third-order valence-corrected chi connectivity index (χ3v) is 3.19. The summed E-state index contributed by atoms with van der Waals surface area (Å²) < 4.78 is 26.4. The van der Waals surface area contributed by atoms with Gasteiger partial charge < -0.3 is 5.32 Å². The average Bonchev–Trinajstić information content (AvgIpc) is 2.38. The Morgan fingerprint density at radius 1 is 1.11 bits per heavy atom. The van der Waals surface area contributed by atoms with E-state index in [0.29, 0.717) is 0 Å². The van der Waals surface area contributed by atoms with Crippen LogP contribution in [0, 0.1) is 11.6 Å². The van der Waals surface area contributed by atoms with Crippen LogP contribution in [0.1, 0.15) is 10.4 Å². The Bertz CT molecular complexity index is 647. The van der Waals surface area contributed by atoms with Gasteiger partial charge in [-0.05, 0) is 30.3 Å². The second-order valence-electron chi connectivity index (χ2n) is 3.68. The predicted octanol–water partition coefficient (Wildman–Crippen LogP) is 4.52. The van der Waals surface area contributed by atoms with Crippen LogP contribution in [0.15, 0.2) is 36.4 Å². The first-order chi connectivity index (χ1) is 8.99. The van der Waals surface area contributed by atoms with Crippen molar-refractivity contribution in [1.82, 2.24) is 0 Å². The Morgan fingerprint density at radius 3 is 2.58 bits per heavy atom.